The van der Waals surface area contributed by atoms with Crippen LogP contribution >= 0.6 is 0 Å². The molecule has 0 amide bonds. The highest BCUT2D eigenvalue weighted by Gasteiger charge is 2.17. The van der Waals surface area contributed by atoms with Crippen molar-refractivity contribution in [2.75, 3.05) is 26.9 Å². The van der Waals surface area contributed by atoms with E-state index in [0.29, 0.717) is 18.9 Å². The number of hydrogen-bond donors (Lipinski definition) is 1. The summed E-state index contributed by atoms with van der Waals surface area (Å²) in [6, 6.07) is -0.240. The molecule has 0 aromatic carbocycles. The number of nitrogens with one attached hydrogen (secondary N) is 1. The average molecular weight is 287 g/mol. The Morgan fingerprint density at radius 3 is 2.45 bits per heavy atom. The molecule has 0 bridgehead atoms. The molecule has 0 aliphatic carbocycles. The molecule has 0 heterocycles. The maximum absolute atomic E-state index is 11.6. The minimum atomic E-state index is -0.240. The molecule has 0 rings (SSSR count). The normalized spacial score (nSPS) is 14.0. The van der Waals surface area contributed by atoms with Gasteiger partial charge in [-0.2, -0.15) is 0 Å². The van der Waals surface area contributed by atoms with E-state index in [-0.39, 0.29) is 12.0 Å². The molecular formula is C16H33NO3. The lowest BCUT2D eigenvalue weighted by Gasteiger charge is -2.18. The van der Waals surface area contributed by atoms with Crippen LogP contribution in [-0.2, 0) is 14.3 Å². The topological polar surface area (TPSA) is 47.6 Å². The van der Waals surface area contributed by atoms with Crippen molar-refractivity contribution in [1.29, 1.82) is 0 Å². The zero-order valence-corrected chi connectivity index (χ0v) is 13.7. The van der Waals surface area contributed by atoms with Gasteiger partial charge in [-0.05, 0) is 31.7 Å². The summed E-state index contributed by atoms with van der Waals surface area (Å²) in [6.45, 7) is 8.75. The first-order valence-electron chi connectivity index (χ1n) is 8.08. The summed E-state index contributed by atoms with van der Waals surface area (Å²) in [6.07, 6.45) is 6.59. The lowest BCUT2D eigenvalue weighted by molar-refractivity contribution is -0.143. The number of rotatable bonds is 13. The largest absolute Gasteiger partial charge is 0.468 e. The molecule has 2 unspecified atom stereocenters. The first-order chi connectivity index (χ1) is 9.69. The van der Waals surface area contributed by atoms with Crippen LogP contribution in [0, 0.1) is 5.92 Å². The number of unbranched alkanes of at least 4 members (excludes halogenated alkanes) is 1. The minimum Gasteiger partial charge on any atom is -0.468 e. The highest BCUT2D eigenvalue weighted by molar-refractivity contribution is 5.75. The maximum atomic E-state index is 11.6. The third kappa shape index (κ3) is 9.32. The van der Waals surface area contributed by atoms with Crippen LogP contribution in [0.25, 0.3) is 0 Å². The van der Waals surface area contributed by atoms with Crippen LogP contribution in [-0.4, -0.2) is 38.9 Å². The quantitative estimate of drug-likeness (QED) is 0.417. The predicted molar refractivity (Wildman–Crippen MR) is 82.8 cm³/mol. The van der Waals surface area contributed by atoms with E-state index in [1.807, 2.05) is 0 Å². The lowest BCUT2D eigenvalue weighted by Crippen LogP contribution is -2.39. The van der Waals surface area contributed by atoms with Crippen LogP contribution in [0.2, 0.25) is 0 Å². The summed E-state index contributed by atoms with van der Waals surface area (Å²) in [5.74, 6) is 0.454. The zero-order chi connectivity index (χ0) is 15.2. The van der Waals surface area contributed by atoms with Crippen molar-refractivity contribution in [3.05, 3.63) is 0 Å². The van der Waals surface area contributed by atoms with Gasteiger partial charge >= 0.3 is 5.97 Å². The van der Waals surface area contributed by atoms with Gasteiger partial charge in [0.25, 0.3) is 0 Å². The van der Waals surface area contributed by atoms with E-state index >= 15 is 0 Å². The molecule has 0 spiro atoms. The van der Waals surface area contributed by atoms with E-state index in [1.54, 1.807) is 0 Å². The fraction of sp³-hybridized carbons (Fsp3) is 0.938. The standard InChI is InChI=1S/C16H33NO3/c1-5-8-9-14(7-3)13-20-12-10-15(16(18)19-4)17-11-6-2/h14-15,17H,5-13H2,1-4H3. The average Bonchev–Trinajstić information content (AvgIpc) is 2.48. The van der Waals surface area contributed by atoms with Crippen LogP contribution in [0.15, 0.2) is 0 Å². The number of methoxy groups -OCH3 is 1. The number of carbonyl (C=O) groups excluding carboxylic acids is 1. The van der Waals surface area contributed by atoms with Crippen molar-refractivity contribution in [2.45, 2.75) is 65.3 Å². The van der Waals surface area contributed by atoms with Crippen LogP contribution in [0.1, 0.15) is 59.3 Å². The molecule has 0 radical (unpaired) electrons. The Labute approximate surface area is 124 Å². The zero-order valence-electron chi connectivity index (χ0n) is 13.7. The molecule has 0 aliphatic heterocycles. The van der Waals surface area contributed by atoms with Gasteiger partial charge in [-0.25, -0.2) is 0 Å². The fourth-order valence-electron chi connectivity index (χ4n) is 2.11. The summed E-state index contributed by atoms with van der Waals surface area (Å²) >= 11 is 0. The number of hydrogen-bond acceptors (Lipinski definition) is 4. The molecule has 4 nitrogen and oxygen atoms in total. The molecule has 2 atom stereocenters. The Morgan fingerprint density at radius 2 is 1.90 bits per heavy atom. The molecule has 0 aromatic rings. The van der Waals surface area contributed by atoms with Crippen molar-refractivity contribution in [2.24, 2.45) is 5.92 Å². The van der Waals surface area contributed by atoms with Gasteiger partial charge in [0.15, 0.2) is 0 Å². The highest BCUT2D eigenvalue weighted by atomic mass is 16.5. The van der Waals surface area contributed by atoms with E-state index in [4.69, 9.17) is 9.47 Å². The molecular weight excluding hydrogens is 254 g/mol. The van der Waals surface area contributed by atoms with Crippen molar-refractivity contribution in [1.82, 2.24) is 5.32 Å². The van der Waals surface area contributed by atoms with E-state index in [0.717, 1.165) is 26.0 Å². The van der Waals surface area contributed by atoms with Crippen LogP contribution in [0.5, 0.6) is 0 Å². The molecule has 0 aliphatic rings. The number of esters is 1. The molecule has 0 saturated carbocycles. The first kappa shape index (κ1) is 19.4. The second-order valence-corrected chi connectivity index (χ2v) is 5.31. The molecule has 1 N–H and O–H groups in total. The van der Waals surface area contributed by atoms with E-state index in [9.17, 15) is 4.79 Å². The number of carbonyl (C=O) groups is 1. The summed E-state index contributed by atoms with van der Waals surface area (Å²) in [4.78, 5) is 11.6. The van der Waals surface area contributed by atoms with Crippen molar-refractivity contribution < 1.29 is 14.3 Å². The van der Waals surface area contributed by atoms with Gasteiger partial charge in [0.05, 0.1) is 7.11 Å². The second kappa shape index (κ2) is 13.4. The molecule has 20 heavy (non-hydrogen) atoms. The van der Waals surface area contributed by atoms with Gasteiger partial charge in [0.2, 0.25) is 0 Å². The molecule has 0 saturated heterocycles. The maximum Gasteiger partial charge on any atom is 0.322 e. The fourth-order valence-corrected chi connectivity index (χ4v) is 2.11. The van der Waals surface area contributed by atoms with E-state index in [1.165, 1.54) is 26.4 Å². The van der Waals surface area contributed by atoms with E-state index < -0.39 is 0 Å². The second-order valence-electron chi connectivity index (χ2n) is 5.31. The van der Waals surface area contributed by atoms with Gasteiger partial charge in [-0.15, -0.1) is 0 Å². The van der Waals surface area contributed by atoms with Crippen molar-refractivity contribution >= 4 is 5.97 Å². The van der Waals surface area contributed by atoms with Gasteiger partial charge < -0.3 is 14.8 Å². The Kier molecular flexibility index (Phi) is 13.0. The third-order valence-corrected chi connectivity index (χ3v) is 3.57. The Morgan fingerprint density at radius 1 is 1.15 bits per heavy atom. The van der Waals surface area contributed by atoms with Gasteiger partial charge in [0.1, 0.15) is 6.04 Å². The number of ether oxygens (including phenoxy) is 2. The monoisotopic (exact) mass is 287 g/mol. The smallest absolute Gasteiger partial charge is 0.322 e. The minimum absolute atomic E-state index is 0.194. The summed E-state index contributed by atoms with van der Waals surface area (Å²) in [5, 5.41) is 3.20. The van der Waals surface area contributed by atoms with Crippen molar-refractivity contribution in [3.63, 3.8) is 0 Å². The SMILES string of the molecule is CCCCC(CC)COCCC(NCCC)C(=O)OC. The Balaban J connectivity index is 3.88. The van der Waals surface area contributed by atoms with Gasteiger partial charge in [0, 0.05) is 13.2 Å². The Hall–Kier alpha value is -0.610. The van der Waals surface area contributed by atoms with Gasteiger partial charge in [-0.1, -0.05) is 40.0 Å². The molecule has 4 heteroatoms. The summed E-state index contributed by atoms with van der Waals surface area (Å²) < 4.78 is 10.5. The van der Waals surface area contributed by atoms with Crippen molar-refractivity contribution in [3.8, 4) is 0 Å². The first-order valence-corrected chi connectivity index (χ1v) is 8.08. The van der Waals surface area contributed by atoms with Gasteiger partial charge in [-0.3, -0.25) is 4.79 Å². The van der Waals surface area contributed by atoms with Crippen LogP contribution < -0.4 is 5.32 Å². The molecule has 0 fully saturated rings. The third-order valence-electron chi connectivity index (χ3n) is 3.57. The lowest BCUT2D eigenvalue weighted by atomic mass is 10.0. The predicted octanol–water partition coefficient (Wildman–Crippen LogP) is 3.15. The van der Waals surface area contributed by atoms with Crippen LogP contribution in [0.4, 0.5) is 0 Å². The molecule has 0 aromatic heterocycles. The molecule has 120 valence electrons. The van der Waals surface area contributed by atoms with Crippen LogP contribution in [0.3, 0.4) is 0 Å². The summed E-state index contributed by atoms with van der Waals surface area (Å²) in [7, 11) is 1.43. The Bertz CT molecular complexity index is 234. The highest BCUT2D eigenvalue weighted by Crippen LogP contribution is 2.13. The summed E-state index contributed by atoms with van der Waals surface area (Å²) in [5.41, 5.74) is 0. The van der Waals surface area contributed by atoms with E-state index in [2.05, 4.69) is 26.1 Å².